The molecule has 0 aliphatic rings. The zero-order valence-corrected chi connectivity index (χ0v) is 6.68. The third kappa shape index (κ3) is 4.13. The van der Waals surface area contributed by atoms with E-state index in [2.05, 4.69) is 4.74 Å². The van der Waals surface area contributed by atoms with Crippen LogP contribution >= 0.6 is 0 Å². The minimum atomic E-state index is -0.570. The van der Waals surface area contributed by atoms with Gasteiger partial charge in [0, 0.05) is 5.71 Å². The number of nitrogens with one attached hydrogen (secondary N) is 1. The maximum Gasteiger partial charge on any atom is 0.354 e. The maximum absolute atomic E-state index is 10.8. The molecule has 0 aromatic rings. The van der Waals surface area contributed by atoms with Crippen molar-refractivity contribution < 1.29 is 9.53 Å². The molecule has 0 bridgehead atoms. The zero-order chi connectivity index (χ0) is 8.85. The molecule has 4 nitrogen and oxygen atoms in total. The lowest BCUT2D eigenvalue weighted by Gasteiger charge is -1.99. The molecular weight excluding hydrogens is 144 g/mol. The fraction of sp³-hybridized carbons (Fsp3) is 0.429. The van der Waals surface area contributed by atoms with Crippen LogP contribution in [0.1, 0.15) is 13.8 Å². The first-order valence-corrected chi connectivity index (χ1v) is 3.27. The van der Waals surface area contributed by atoms with Gasteiger partial charge in [-0.05, 0) is 19.9 Å². The summed E-state index contributed by atoms with van der Waals surface area (Å²) in [6.07, 6.45) is 1.26. The molecule has 0 rings (SSSR count). The molecule has 11 heavy (non-hydrogen) atoms. The van der Waals surface area contributed by atoms with Crippen LogP contribution in [0.25, 0.3) is 0 Å². The Labute approximate surface area is 65.5 Å². The van der Waals surface area contributed by atoms with Crippen molar-refractivity contribution in [3.63, 3.8) is 0 Å². The molecule has 0 radical (unpaired) electrons. The summed E-state index contributed by atoms with van der Waals surface area (Å²) in [6.45, 7) is 3.53. The molecule has 4 heteroatoms. The lowest BCUT2D eigenvalue weighted by molar-refractivity contribution is -0.138. The van der Waals surface area contributed by atoms with Crippen LogP contribution in [0.4, 0.5) is 0 Å². The van der Waals surface area contributed by atoms with Gasteiger partial charge >= 0.3 is 5.97 Å². The Kier molecular flexibility index (Phi) is 3.95. The van der Waals surface area contributed by atoms with Crippen molar-refractivity contribution >= 4 is 11.7 Å². The summed E-state index contributed by atoms with van der Waals surface area (Å²) in [5, 5.41) is 6.99. The summed E-state index contributed by atoms with van der Waals surface area (Å²) in [6, 6.07) is 0. The van der Waals surface area contributed by atoms with Gasteiger partial charge in [0.25, 0.3) is 0 Å². The Morgan fingerprint density at radius 3 is 2.64 bits per heavy atom. The number of nitrogens with two attached hydrogens (primary N) is 1. The number of ether oxygens (including phenoxy) is 1. The van der Waals surface area contributed by atoms with Crippen molar-refractivity contribution in [3.8, 4) is 0 Å². The Hall–Kier alpha value is -1.32. The molecule has 62 valence electrons. The first kappa shape index (κ1) is 9.68. The second-order valence-electron chi connectivity index (χ2n) is 2.00. The average Bonchev–Trinajstić information content (AvgIpc) is 1.86. The number of rotatable bonds is 3. The fourth-order valence-electron chi connectivity index (χ4n) is 0.507. The highest BCUT2D eigenvalue weighted by atomic mass is 16.5. The summed E-state index contributed by atoms with van der Waals surface area (Å²) in [7, 11) is 0. The van der Waals surface area contributed by atoms with E-state index in [1.807, 2.05) is 0 Å². The average molecular weight is 156 g/mol. The molecule has 0 saturated carbocycles. The molecule has 0 aliphatic heterocycles. The van der Waals surface area contributed by atoms with Crippen LogP contribution in [0, 0.1) is 5.41 Å². The van der Waals surface area contributed by atoms with Gasteiger partial charge in [-0.15, -0.1) is 0 Å². The van der Waals surface area contributed by atoms with E-state index in [1.165, 1.54) is 13.0 Å². The van der Waals surface area contributed by atoms with Gasteiger partial charge in [-0.25, -0.2) is 4.79 Å². The van der Waals surface area contributed by atoms with E-state index in [0.717, 1.165) is 0 Å². The van der Waals surface area contributed by atoms with Crippen molar-refractivity contribution in [2.24, 2.45) is 5.73 Å². The van der Waals surface area contributed by atoms with E-state index in [9.17, 15) is 4.79 Å². The number of esters is 1. The van der Waals surface area contributed by atoms with E-state index >= 15 is 0 Å². The SMILES string of the molecule is CCOC(=O)/C(N)=C/C(C)=N. The van der Waals surface area contributed by atoms with Gasteiger partial charge in [-0.3, -0.25) is 0 Å². The van der Waals surface area contributed by atoms with Gasteiger partial charge in [-0.1, -0.05) is 0 Å². The predicted molar refractivity (Wildman–Crippen MR) is 42.3 cm³/mol. The maximum atomic E-state index is 10.8. The molecule has 0 aromatic heterocycles. The summed E-state index contributed by atoms with van der Waals surface area (Å²) in [4.78, 5) is 10.8. The van der Waals surface area contributed by atoms with E-state index in [1.54, 1.807) is 6.92 Å². The molecule has 0 fully saturated rings. The normalized spacial score (nSPS) is 10.9. The standard InChI is InChI=1S/C7H12N2O2/c1-3-11-7(10)6(9)4-5(2)8/h4,8H,3,9H2,1-2H3/b6-4-,8-5?. The van der Waals surface area contributed by atoms with E-state index < -0.39 is 5.97 Å². The lowest BCUT2D eigenvalue weighted by Crippen LogP contribution is -2.15. The molecule has 0 atom stereocenters. The monoisotopic (exact) mass is 156 g/mol. The Morgan fingerprint density at radius 2 is 2.27 bits per heavy atom. The summed E-state index contributed by atoms with van der Waals surface area (Å²) in [5.74, 6) is -0.570. The van der Waals surface area contributed by atoms with Crippen LogP contribution in [0.15, 0.2) is 11.8 Å². The molecule has 3 N–H and O–H groups in total. The smallest absolute Gasteiger partial charge is 0.354 e. The summed E-state index contributed by atoms with van der Waals surface area (Å²) < 4.78 is 4.58. The van der Waals surface area contributed by atoms with Gasteiger partial charge in [-0.2, -0.15) is 0 Å². The van der Waals surface area contributed by atoms with Gasteiger partial charge < -0.3 is 15.9 Å². The largest absolute Gasteiger partial charge is 0.461 e. The molecule has 0 amide bonds. The second-order valence-corrected chi connectivity index (χ2v) is 2.00. The van der Waals surface area contributed by atoms with Crippen molar-refractivity contribution in [1.29, 1.82) is 5.41 Å². The van der Waals surface area contributed by atoms with Crippen LogP contribution in [0.2, 0.25) is 0 Å². The van der Waals surface area contributed by atoms with E-state index in [0.29, 0.717) is 6.61 Å². The molecular formula is C7H12N2O2. The van der Waals surface area contributed by atoms with Gasteiger partial charge in [0.2, 0.25) is 0 Å². The molecule has 0 aromatic carbocycles. The highest BCUT2D eigenvalue weighted by Gasteiger charge is 2.04. The highest BCUT2D eigenvalue weighted by Crippen LogP contribution is 1.89. The number of carbonyl (C=O) groups excluding carboxylic acids is 1. The first-order valence-electron chi connectivity index (χ1n) is 3.27. The van der Waals surface area contributed by atoms with Crippen LogP contribution < -0.4 is 5.73 Å². The molecule has 0 aliphatic carbocycles. The Morgan fingerprint density at radius 1 is 1.73 bits per heavy atom. The minimum Gasteiger partial charge on any atom is -0.461 e. The van der Waals surface area contributed by atoms with E-state index in [4.69, 9.17) is 11.1 Å². The quantitative estimate of drug-likeness (QED) is 0.353. The van der Waals surface area contributed by atoms with Gasteiger partial charge in [0.15, 0.2) is 0 Å². The molecule has 0 unspecified atom stereocenters. The van der Waals surface area contributed by atoms with Crippen LogP contribution in [-0.2, 0) is 9.53 Å². The lowest BCUT2D eigenvalue weighted by atomic mass is 10.3. The summed E-state index contributed by atoms with van der Waals surface area (Å²) >= 11 is 0. The number of hydrogen-bond acceptors (Lipinski definition) is 4. The topological polar surface area (TPSA) is 76.2 Å². The van der Waals surface area contributed by atoms with Gasteiger partial charge in [0.1, 0.15) is 5.70 Å². The van der Waals surface area contributed by atoms with Crippen LogP contribution in [-0.4, -0.2) is 18.3 Å². The number of hydrogen-bond donors (Lipinski definition) is 2. The van der Waals surface area contributed by atoms with E-state index in [-0.39, 0.29) is 11.4 Å². The first-order chi connectivity index (χ1) is 5.07. The predicted octanol–water partition coefficient (Wildman–Crippen LogP) is 0.432. The molecule has 0 spiro atoms. The van der Waals surface area contributed by atoms with Gasteiger partial charge in [0.05, 0.1) is 6.61 Å². The fourth-order valence-corrected chi connectivity index (χ4v) is 0.507. The molecule has 0 heterocycles. The Bertz CT molecular complexity index is 197. The second kappa shape index (κ2) is 4.49. The third-order valence-electron chi connectivity index (χ3n) is 0.883. The highest BCUT2D eigenvalue weighted by molar-refractivity contribution is 5.98. The van der Waals surface area contributed by atoms with Crippen molar-refractivity contribution in [3.05, 3.63) is 11.8 Å². The summed E-state index contributed by atoms with van der Waals surface area (Å²) in [5.41, 5.74) is 5.45. The van der Waals surface area contributed by atoms with Crippen LogP contribution in [0.3, 0.4) is 0 Å². The van der Waals surface area contributed by atoms with Crippen molar-refractivity contribution in [1.82, 2.24) is 0 Å². The van der Waals surface area contributed by atoms with Crippen molar-refractivity contribution in [2.75, 3.05) is 6.61 Å². The van der Waals surface area contributed by atoms with Crippen molar-refractivity contribution in [2.45, 2.75) is 13.8 Å². The number of allylic oxidation sites excluding steroid dienone is 1. The Balaban J connectivity index is 4.12. The minimum absolute atomic E-state index is 0.0284. The third-order valence-corrected chi connectivity index (χ3v) is 0.883. The zero-order valence-electron chi connectivity index (χ0n) is 6.68. The number of carbonyl (C=O) groups is 1. The van der Waals surface area contributed by atoms with Crippen LogP contribution in [0.5, 0.6) is 0 Å². The molecule has 0 saturated heterocycles.